The summed E-state index contributed by atoms with van der Waals surface area (Å²) in [5, 5.41) is 11.7. The number of hydrogen-bond acceptors (Lipinski definition) is 3. The number of piperidine rings is 1. The number of hydrogen-bond donors (Lipinski definition) is 2. The van der Waals surface area contributed by atoms with E-state index >= 15 is 0 Å². The maximum absolute atomic E-state index is 11.7. The van der Waals surface area contributed by atoms with E-state index in [0.717, 1.165) is 12.3 Å². The first-order valence-corrected chi connectivity index (χ1v) is 6.03. The fourth-order valence-electron chi connectivity index (χ4n) is 2.07. The molecule has 0 saturated carbocycles. The van der Waals surface area contributed by atoms with Crippen molar-refractivity contribution in [2.75, 3.05) is 25.4 Å². The molecule has 0 unspecified atom stereocenters. The van der Waals surface area contributed by atoms with Gasteiger partial charge in [-0.15, -0.1) is 11.8 Å². The quantitative estimate of drug-likeness (QED) is 0.630. The molecule has 2 aliphatic heterocycles. The third kappa shape index (κ3) is 1.90. The molecule has 15 heavy (non-hydrogen) atoms. The second-order valence-corrected chi connectivity index (χ2v) is 5.35. The monoisotopic (exact) mass is 230 g/mol. The molecule has 0 aliphatic carbocycles. The predicted molar refractivity (Wildman–Crippen MR) is 57.0 cm³/mol. The second kappa shape index (κ2) is 3.92. The zero-order valence-electron chi connectivity index (χ0n) is 8.36. The second-order valence-electron chi connectivity index (χ2n) is 3.87. The number of nitrogens with one attached hydrogen (secondary N) is 1. The van der Waals surface area contributed by atoms with Crippen LogP contribution < -0.4 is 5.32 Å². The third-order valence-electron chi connectivity index (χ3n) is 3.02. The summed E-state index contributed by atoms with van der Waals surface area (Å²) in [6, 6.07) is 0. The lowest BCUT2D eigenvalue weighted by Crippen LogP contribution is -2.55. The van der Waals surface area contributed by atoms with Crippen LogP contribution in [0.3, 0.4) is 0 Å². The smallest absolute Gasteiger partial charge is 0.407 e. The van der Waals surface area contributed by atoms with Gasteiger partial charge in [-0.2, -0.15) is 0 Å². The van der Waals surface area contributed by atoms with Crippen LogP contribution in [-0.2, 0) is 4.79 Å². The number of carbonyl (C=O) groups excluding carboxylic acids is 1. The van der Waals surface area contributed by atoms with Gasteiger partial charge in [0.25, 0.3) is 0 Å². The van der Waals surface area contributed by atoms with Gasteiger partial charge in [0.1, 0.15) is 0 Å². The SMILES string of the molecule is O=C(O)N1CCC2(CC1)SCCNC2=O. The Morgan fingerprint density at radius 3 is 2.67 bits per heavy atom. The summed E-state index contributed by atoms with van der Waals surface area (Å²) < 4.78 is -0.357. The maximum Gasteiger partial charge on any atom is 0.407 e. The molecular weight excluding hydrogens is 216 g/mol. The molecule has 0 aromatic rings. The highest BCUT2D eigenvalue weighted by atomic mass is 32.2. The van der Waals surface area contributed by atoms with Crippen LogP contribution in [-0.4, -0.2) is 52.1 Å². The highest BCUT2D eigenvalue weighted by Gasteiger charge is 2.44. The van der Waals surface area contributed by atoms with Gasteiger partial charge in [0.05, 0.1) is 4.75 Å². The van der Waals surface area contributed by atoms with Crippen LogP contribution in [0.4, 0.5) is 4.79 Å². The van der Waals surface area contributed by atoms with Crippen molar-refractivity contribution in [1.82, 2.24) is 10.2 Å². The average Bonchev–Trinajstić information content (AvgIpc) is 2.23. The van der Waals surface area contributed by atoms with E-state index in [1.165, 1.54) is 4.90 Å². The lowest BCUT2D eigenvalue weighted by atomic mass is 9.94. The normalized spacial score (nSPS) is 25.1. The molecule has 6 heteroatoms. The fourth-order valence-corrected chi connectivity index (χ4v) is 3.34. The van der Waals surface area contributed by atoms with Crippen LogP contribution in [0.1, 0.15) is 12.8 Å². The number of thioether (sulfide) groups is 1. The number of rotatable bonds is 0. The van der Waals surface area contributed by atoms with Crippen molar-refractivity contribution in [3.05, 3.63) is 0 Å². The largest absolute Gasteiger partial charge is 0.465 e. The molecule has 0 aromatic carbocycles. The summed E-state index contributed by atoms with van der Waals surface area (Å²) in [6.07, 6.45) is 0.386. The minimum atomic E-state index is -0.883. The lowest BCUT2D eigenvalue weighted by Gasteiger charge is -2.41. The standard InChI is InChI=1S/C9H14N2O3S/c12-7-9(15-6-3-10-7)1-4-11(5-2-9)8(13)14/h1-6H2,(H,10,12)(H,13,14). The van der Waals surface area contributed by atoms with Crippen LogP contribution in [0.15, 0.2) is 0 Å². The van der Waals surface area contributed by atoms with E-state index in [-0.39, 0.29) is 10.7 Å². The van der Waals surface area contributed by atoms with E-state index in [9.17, 15) is 9.59 Å². The van der Waals surface area contributed by atoms with Crippen molar-refractivity contribution in [2.45, 2.75) is 17.6 Å². The maximum atomic E-state index is 11.7. The van der Waals surface area contributed by atoms with Crippen molar-refractivity contribution >= 4 is 23.8 Å². The first kappa shape index (κ1) is 10.6. The predicted octanol–water partition coefficient (Wildman–Crippen LogP) is 0.362. The Balaban J connectivity index is 2.01. The molecule has 2 amide bonds. The average molecular weight is 230 g/mol. The first-order valence-electron chi connectivity index (χ1n) is 5.04. The molecule has 2 heterocycles. The topological polar surface area (TPSA) is 69.6 Å². The van der Waals surface area contributed by atoms with Gasteiger partial charge in [-0.05, 0) is 12.8 Å². The van der Waals surface area contributed by atoms with E-state index < -0.39 is 6.09 Å². The van der Waals surface area contributed by atoms with Crippen molar-refractivity contribution in [1.29, 1.82) is 0 Å². The van der Waals surface area contributed by atoms with E-state index in [1.54, 1.807) is 11.8 Å². The molecule has 0 bridgehead atoms. The molecule has 0 atom stereocenters. The third-order valence-corrected chi connectivity index (χ3v) is 4.58. The van der Waals surface area contributed by atoms with Gasteiger partial charge >= 0.3 is 6.09 Å². The molecular formula is C9H14N2O3S. The molecule has 5 nitrogen and oxygen atoms in total. The van der Waals surface area contributed by atoms with Gasteiger partial charge in [0.2, 0.25) is 5.91 Å². The van der Waals surface area contributed by atoms with Crippen LogP contribution in [0.25, 0.3) is 0 Å². The van der Waals surface area contributed by atoms with Crippen LogP contribution >= 0.6 is 11.8 Å². The van der Waals surface area contributed by atoms with Crippen LogP contribution in [0.2, 0.25) is 0 Å². The summed E-state index contributed by atoms with van der Waals surface area (Å²) >= 11 is 1.68. The Labute approximate surface area is 92.2 Å². The fraction of sp³-hybridized carbons (Fsp3) is 0.778. The molecule has 2 saturated heterocycles. The number of carbonyl (C=O) groups is 2. The first-order chi connectivity index (χ1) is 7.14. The van der Waals surface area contributed by atoms with E-state index in [1.807, 2.05) is 0 Å². The number of nitrogens with zero attached hydrogens (tertiary/aromatic N) is 1. The minimum Gasteiger partial charge on any atom is -0.465 e. The molecule has 2 aliphatic rings. The van der Waals surface area contributed by atoms with E-state index in [4.69, 9.17) is 5.11 Å². The van der Waals surface area contributed by atoms with Gasteiger partial charge < -0.3 is 15.3 Å². The molecule has 0 radical (unpaired) electrons. The molecule has 2 fully saturated rings. The van der Waals surface area contributed by atoms with Crippen molar-refractivity contribution in [3.63, 3.8) is 0 Å². The molecule has 0 aromatic heterocycles. The summed E-state index contributed by atoms with van der Waals surface area (Å²) in [7, 11) is 0. The van der Waals surface area contributed by atoms with Gasteiger partial charge in [-0.3, -0.25) is 4.79 Å². The Morgan fingerprint density at radius 1 is 1.47 bits per heavy atom. The lowest BCUT2D eigenvalue weighted by molar-refractivity contribution is -0.124. The minimum absolute atomic E-state index is 0.0868. The summed E-state index contributed by atoms with van der Waals surface area (Å²) in [5.74, 6) is 1.02. The van der Waals surface area contributed by atoms with E-state index in [0.29, 0.717) is 25.9 Å². The highest BCUT2D eigenvalue weighted by Crippen LogP contribution is 2.38. The van der Waals surface area contributed by atoms with Gasteiger partial charge in [0.15, 0.2) is 0 Å². The van der Waals surface area contributed by atoms with Crippen molar-refractivity contribution in [3.8, 4) is 0 Å². The van der Waals surface area contributed by atoms with Crippen molar-refractivity contribution < 1.29 is 14.7 Å². The van der Waals surface area contributed by atoms with Crippen LogP contribution in [0, 0.1) is 0 Å². The number of amides is 2. The summed E-state index contributed by atoms with van der Waals surface area (Å²) in [5.41, 5.74) is 0. The molecule has 1 spiro atoms. The summed E-state index contributed by atoms with van der Waals surface area (Å²) in [6.45, 7) is 1.67. The zero-order chi connectivity index (χ0) is 10.9. The Morgan fingerprint density at radius 2 is 2.13 bits per heavy atom. The van der Waals surface area contributed by atoms with Gasteiger partial charge in [0, 0.05) is 25.4 Å². The van der Waals surface area contributed by atoms with Gasteiger partial charge in [-0.25, -0.2) is 4.79 Å². The summed E-state index contributed by atoms with van der Waals surface area (Å²) in [4.78, 5) is 23.9. The highest BCUT2D eigenvalue weighted by molar-refractivity contribution is 8.01. The van der Waals surface area contributed by atoms with Crippen molar-refractivity contribution in [2.24, 2.45) is 0 Å². The molecule has 84 valence electrons. The van der Waals surface area contributed by atoms with Gasteiger partial charge in [-0.1, -0.05) is 0 Å². The Bertz CT molecular complexity index is 287. The molecule has 2 N–H and O–H groups in total. The van der Waals surface area contributed by atoms with E-state index in [2.05, 4.69) is 5.32 Å². The molecule has 2 rings (SSSR count). The Kier molecular flexibility index (Phi) is 2.77. The number of likely N-dealkylation sites (tertiary alicyclic amines) is 1. The number of carboxylic acid groups (broad SMARTS) is 1. The Hall–Kier alpha value is -0.910. The zero-order valence-corrected chi connectivity index (χ0v) is 9.18. The van der Waals surface area contributed by atoms with Crippen LogP contribution in [0.5, 0.6) is 0 Å².